The van der Waals surface area contributed by atoms with E-state index < -0.39 is 0 Å². The van der Waals surface area contributed by atoms with Gasteiger partial charge in [0, 0.05) is 18.4 Å². The van der Waals surface area contributed by atoms with E-state index in [1.54, 1.807) is 0 Å². The maximum absolute atomic E-state index is 4.68. The number of para-hydroxylation sites is 1. The van der Waals surface area contributed by atoms with Gasteiger partial charge in [-0.15, -0.1) is 0 Å². The third-order valence-electron chi connectivity index (χ3n) is 5.64. The largest absolute Gasteiger partial charge is 0.338 e. The molecule has 0 aliphatic heterocycles. The van der Waals surface area contributed by atoms with Crippen molar-refractivity contribution in [3.8, 4) is 0 Å². The quantitative estimate of drug-likeness (QED) is 0.458. The molecule has 0 saturated heterocycles. The van der Waals surface area contributed by atoms with Gasteiger partial charge in [-0.2, -0.15) is 5.10 Å². The summed E-state index contributed by atoms with van der Waals surface area (Å²) in [6.07, 6.45) is 28.1. The van der Waals surface area contributed by atoms with E-state index in [4.69, 9.17) is 0 Å². The molecule has 0 amide bonds. The lowest BCUT2D eigenvalue weighted by atomic mass is 9.98. The highest BCUT2D eigenvalue weighted by Gasteiger charge is 2.21. The minimum absolute atomic E-state index is 0.353. The topological polar surface area (TPSA) is 18.8 Å². The molecule has 0 heterocycles. The van der Waals surface area contributed by atoms with Crippen LogP contribution in [0.2, 0.25) is 0 Å². The lowest BCUT2D eigenvalue weighted by Gasteiger charge is -2.35. The average molecular weight is 384 g/mol. The highest BCUT2D eigenvalue weighted by Crippen LogP contribution is 2.30. The second-order valence-corrected chi connectivity index (χ2v) is 7.66. The van der Waals surface area contributed by atoms with E-state index in [1.165, 1.54) is 17.0 Å². The SMILES string of the molecule is CN(N=CC1=CC=C(N(c2ccccc2)C2C=CC=CC2)CC1)C1C=CC=CC1. The lowest BCUT2D eigenvalue weighted by Crippen LogP contribution is -2.34. The molecule has 0 bridgehead atoms. The van der Waals surface area contributed by atoms with Gasteiger partial charge in [0.15, 0.2) is 0 Å². The van der Waals surface area contributed by atoms with E-state index in [2.05, 4.69) is 113 Å². The molecule has 0 saturated carbocycles. The molecular weight excluding hydrogens is 354 g/mol. The normalized spacial score (nSPS) is 23.2. The monoisotopic (exact) mass is 383 g/mol. The second kappa shape index (κ2) is 9.42. The van der Waals surface area contributed by atoms with Gasteiger partial charge in [-0.1, -0.05) is 72.9 Å². The summed E-state index contributed by atoms with van der Waals surface area (Å²) in [7, 11) is 2.05. The van der Waals surface area contributed by atoms with E-state index in [0.717, 1.165) is 25.7 Å². The number of likely N-dealkylation sites (N-methyl/N-ethyl adjacent to an activating group) is 1. The molecule has 0 fully saturated rings. The van der Waals surface area contributed by atoms with Crippen LogP contribution in [-0.4, -0.2) is 30.4 Å². The van der Waals surface area contributed by atoms with Gasteiger partial charge in [-0.05, 0) is 49.5 Å². The molecule has 3 heteroatoms. The van der Waals surface area contributed by atoms with Crippen LogP contribution >= 0.6 is 0 Å². The summed E-state index contributed by atoms with van der Waals surface area (Å²) in [6, 6.07) is 11.4. The number of hydrogen-bond donors (Lipinski definition) is 0. The van der Waals surface area contributed by atoms with Crippen molar-refractivity contribution in [2.75, 3.05) is 11.9 Å². The Kier molecular flexibility index (Phi) is 6.25. The van der Waals surface area contributed by atoms with Gasteiger partial charge in [0.05, 0.1) is 18.3 Å². The van der Waals surface area contributed by atoms with Crippen molar-refractivity contribution in [3.05, 3.63) is 102 Å². The first-order valence-corrected chi connectivity index (χ1v) is 10.5. The summed E-state index contributed by atoms with van der Waals surface area (Å²) in [4.78, 5) is 2.48. The molecule has 3 nitrogen and oxygen atoms in total. The molecule has 1 aromatic carbocycles. The number of benzene rings is 1. The number of hydrazone groups is 1. The van der Waals surface area contributed by atoms with Crippen molar-refractivity contribution < 1.29 is 0 Å². The Morgan fingerprint density at radius 3 is 2.21 bits per heavy atom. The van der Waals surface area contributed by atoms with Crippen LogP contribution in [0.25, 0.3) is 0 Å². The van der Waals surface area contributed by atoms with Crippen LogP contribution in [-0.2, 0) is 0 Å². The highest BCUT2D eigenvalue weighted by atomic mass is 15.4. The van der Waals surface area contributed by atoms with Crippen LogP contribution in [0.5, 0.6) is 0 Å². The standard InChI is InChI=1S/C26H29N3/c1-28(23-11-5-2-6-12-23)27-21-22-17-19-26(20-18-22)29(24-13-7-3-8-14-24)25-15-9-4-10-16-25/h2-11,13-15,17,19,21,23,25H,12,16,18,20H2,1H3. The van der Waals surface area contributed by atoms with Gasteiger partial charge in [-0.25, -0.2) is 0 Å². The van der Waals surface area contributed by atoms with Gasteiger partial charge in [-0.3, -0.25) is 5.01 Å². The maximum Gasteiger partial charge on any atom is 0.0685 e. The third-order valence-corrected chi connectivity index (χ3v) is 5.64. The number of rotatable bonds is 6. The fourth-order valence-electron chi connectivity index (χ4n) is 3.96. The van der Waals surface area contributed by atoms with Crippen LogP contribution in [0.4, 0.5) is 5.69 Å². The van der Waals surface area contributed by atoms with Crippen LogP contribution in [0.15, 0.2) is 107 Å². The molecule has 0 spiro atoms. The van der Waals surface area contributed by atoms with Crippen LogP contribution < -0.4 is 4.90 Å². The van der Waals surface area contributed by atoms with E-state index in [9.17, 15) is 0 Å². The molecule has 4 rings (SSSR count). The minimum atomic E-state index is 0.353. The first-order valence-electron chi connectivity index (χ1n) is 10.5. The van der Waals surface area contributed by atoms with Gasteiger partial charge in [0.25, 0.3) is 0 Å². The van der Waals surface area contributed by atoms with Gasteiger partial charge < -0.3 is 4.90 Å². The number of allylic oxidation sites excluding steroid dienone is 8. The first-order chi connectivity index (χ1) is 14.3. The highest BCUT2D eigenvalue weighted by molar-refractivity contribution is 5.79. The summed E-state index contributed by atoms with van der Waals surface area (Å²) in [5.74, 6) is 0. The van der Waals surface area contributed by atoms with Crippen molar-refractivity contribution in [3.63, 3.8) is 0 Å². The molecule has 0 aromatic heterocycles. The minimum Gasteiger partial charge on any atom is -0.338 e. The molecule has 3 aliphatic rings. The van der Waals surface area contributed by atoms with E-state index in [1.807, 2.05) is 6.21 Å². The fraction of sp³-hybridized carbons (Fsp3) is 0.269. The van der Waals surface area contributed by atoms with Crippen molar-refractivity contribution in [2.24, 2.45) is 5.10 Å². The Morgan fingerprint density at radius 2 is 1.59 bits per heavy atom. The Hall–Kier alpha value is -3.07. The van der Waals surface area contributed by atoms with Crippen LogP contribution in [0.1, 0.15) is 25.7 Å². The average Bonchev–Trinajstić information content (AvgIpc) is 2.80. The number of hydrogen-bond acceptors (Lipinski definition) is 3. The van der Waals surface area contributed by atoms with Crippen molar-refractivity contribution in [1.29, 1.82) is 0 Å². The van der Waals surface area contributed by atoms with Crippen molar-refractivity contribution in [2.45, 2.75) is 37.8 Å². The first kappa shape index (κ1) is 19.3. The van der Waals surface area contributed by atoms with Gasteiger partial charge in [0.2, 0.25) is 0 Å². The molecule has 2 unspecified atom stereocenters. The van der Waals surface area contributed by atoms with Gasteiger partial charge >= 0.3 is 0 Å². The van der Waals surface area contributed by atoms with E-state index in [-0.39, 0.29) is 0 Å². The van der Waals surface area contributed by atoms with E-state index in [0.29, 0.717) is 12.1 Å². The van der Waals surface area contributed by atoms with Crippen molar-refractivity contribution in [1.82, 2.24) is 5.01 Å². The lowest BCUT2D eigenvalue weighted by molar-refractivity contribution is 0.298. The zero-order valence-corrected chi connectivity index (χ0v) is 17.1. The van der Waals surface area contributed by atoms with Gasteiger partial charge in [0.1, 0.15) is 0 Å². The number of nitrogens with zero attached hydrogens (tertiary/aromatic N) is 3. The zero-order chi connectivity index (χ0) is 19.9. The second-order valence-electron chi connectivity index (χ2n) is 7.66. The maximum atomic E-state index is 4.68. The van der Waals surface area contributed by atoms with Crippen LogP contribution in [0.3, 0.4) is 0 Å². The fourth-order valence-corrected chi connectivity index (χ4v) is 3.96. The number of anilines is 1. The Labute approximate surface area is 174 Å². The summed E-state index contributed by atoms with van der Waals surface area (Å²) in [5, 5.41) is 6.73. The predicted molar refractivity (Wildman–Crippen MR) is 124 cm³/mol. The summed E-state index contributed by atoms with van der Waals surface area (Å²) in [6.45, 7) is 0. The molecule has 148 valence electrons. The molecule has 2 atom stereocenters. The summed E-state index contributed by atoms with van der Waals surface area (Å²) in [5.41, 5.74) is 3.90. The Balaban J connectivity index is 1.49. The zero-order valence-electron chi connectivity index (χ0n) is 17.1. The predicted octanol–water partition coefficient (Wildman–Crippen LogP) is 5.78. The molecule has 3 aliphatic carbocycles. The van der Waals surface area contributed by atoms with E-state index >= 15 is 0 Å². The summed E-state index contributed by atoms with van der Waals surface area (Å²) >= 11 is 0. The van der Waals surface area contributed by atoms with Crippen LogP contribution in [0, 0.1) is 0 Å². The Bertz CT molecular complexity index is 899. The molecule has 29 heavy (non-hydrogen) atoms. The molecule has 1 aromatic rings. The smallest absolute Gasteiger partial charge is 0.0685 e. The Morgan fingerprint density at radius 1 is 0.862 bits per heavy atom. The molecule has 0 N–H and O–H groups in total. The molecule has 0 radical (unpaired) electrons. The third kappa shape index (κ3) is 4.86. The molecular formula is C26H29N3. The summed E-state index contributed by atoms with van der Waals surface area (Å²) < 4.78 is 0. The van der Waals surface area contributed by atoms with Crippen molar-refractivity contribution >= 4 is 11.9 Å².